The maximum absolute atomic E-state index is 2.86. The van der Waals surface area contributed by atoms with Gasteiger partial charge in [0.25, 0.3) is 0 Å². The smallest absolute Gasteiger partial charge is 0.180 e. The molecule has 15 rings (SSSR count). The van der Waals surface area contributed by atoms with Gasteiger partial charge in [-0.3, -0.25) is 0 Å². The van der Waals surface area contributed by atoms with Crippen LogP contribution in [0.2, 0.25) is 0 Å². The van der Waals surface area contributed by atoms with Crippen LogP contribution in [0.3, 0.4) is 0 Å². The van der Waals surface area contributed by atoms with Crippen molar-refractivity contribution >= 4 is 101 Å². The van der Waals surface area contributed by atoms with Crippen LogP contribution in [0.5, 0.6) is 0 Å². The van der Waals surface area contributed by atoms with Gasteiger partial charge in [0.05, 0.1) is 27.8 Å². The van der Waals surface area contributed by atoms with E-state index in [4.69, 9.17) is 0 Å². The van der Waals surface area contributed by atoms with Gasteiger partial charge in [0.15, 0.2) is 16.1 Å². The Bertz CT molecular complexity index is 4370. The Morgan fingerprint density at radius 2 is 0.724 bits per heavy atom. The zero-order chi connectivity index (χ0) is 50.2. The minimum Gasteiger partial charge on any atom is -0.307 e. The Kier molecular flexibility index (Phi) is 10.3. The third-order valence-electron chi connectivity index (χ3n) is 16.5. The lowest BCUT2D eigenvalue weighted by molar-refractivity contribution is 1.13. The molecule has 76 heavy (non-hydrogen) atoms. The molecule has 0 N–H and O–H groups in total. The molecule has 356 valence electrons. The molecule has 2 nitrogen and oxygen atoms in total. The molecule has 0 aliphatic carbocycles. The summed E-state index contributed by atoms with van der Waals surface area (Å²) in [6, 6.07) is 114. The van der Waals surface area contributed by atoms with Crippen LogP contribution >= 0.6 is 0 Å². The summed E-state index contributed by atoms with van der Waals surface area (Å²) in [5, 5.41) is 16.0. The Morgan fingerprint density at radius 1 is 0.276 bits per heavy atom. The van der Waals surface area contributed by atoms with E-state index in [0.717, 1.165) is 11.4 Å². The van der Waals surface area contributed by atoms with Crippen molar-refractivity contribution in [2.45, 2.75) is 0 Å². The molecule has 1 aliphatic heterocycles. The zero-order valence-electron chi connectivity index (χ0n) is 41.8. The topological polar surface area (TPSA) is 9.86 Å². The van der Waals surface area contributed by atoms with E-state index in [0.29, 0.717) is 0 Å². The van der Waals surface area contributed by atoms with Crippen molar-refractivity contribution in [3.05, 3.63) is 303 Å². The molecule has 14 aromatic rings. The van der Waals surface area contributed by atoms with Crippen LogP contribution in [0.4, 0.5) is 0 Å². The van der Waals surface area contributed by atoms with E-state index < -0.39 is 16.1 Å². The lowest BCUT2D eigenvalue weighted by Gasteiger charge is -2.34. The van der Waals surface area contributed by atoms with Crippen LogP contribution in [0.15, 0.2) is 303 Å². The van der Waals surface area contributed by atoms with Gasteiger partial charge in [-0.05, 0) is 94.6 Å². The second kappa shape index (κ2) is 17.7. The lowest BCUT2D eigenvalue weighted by Crippen LogP contribution is -2.74. The van der Waals surface area contributed by atoms with E-state index in [2.05, 4.69) is 312 Å². The first-order valence-electron chi connectivity index (χ1n) is 26.4. The van der Waals surface area contributed by atoms with Crippen LogP contribution in [0, 0.1) is 0 Å². The van der Waals surface area contributed by atoms with Crippen molar-refractivity contribution in [1.29, 1.82) is 0 Å². The molecule has 0 atom stereocenters. The molecule has 0 amide bonds. The molecule has 12 aromatic carbocycles. The van der Waals surface area contributed by atoms with Gasteiger partial charge in [0.1, 0.15) is 0 Å². The van der Waals surface area contributed by atoms with Gasteiger partial charge in [-0.15, -0.1) is 0 Å². The van der Waals surface area contributed by atoms with Crippen molar-refractivity contribution < 1.29 is 0 Å². The number of hydrogen-bond donors (Lipinski definition) is 0. The molecule has 0 fully saturated rings. The molecule has 0 saturated heterocycles. The molecule has 1 aliphatic rings. The fraction of sp³-hybridized carbons (Fsp3) is 0. The first-order valence-corrected chi connectivity index (χ1v) is 30.4. The van der Waals surface area contributed by atoms with Crippen LogP contribution in [0.25, 0.3) is 77.2 Å². The van der Waals surface area contributed by atoms with Gasteiger partial charge >= 0.3 is 0 Å². The summed E-state index contributed by atoms with van der Waals surface area (Å²) in [5.74, 6) is 0. The maximum Gasteiger partial charge on any atom is 0.180 e. The van der Waals surface area contributed by atoms with Gasteiger partial charge in [-0.1, -0.05) is 267 Å². The fourth-order valence-electron chi connectivity index (χ4n) is 13.5. The lowest BCUT2D eigenvalue weighted by atomic mass is 9.97. The minimum atomic E-state index is -2.86. The van der Waals surface area contributed by atoms with Gasteiger partial charge in [0.2, 0.25) is 0 Å². The summed E-state index contributed by atoms with van der Waals surface area (Å²) < 4.78 is 5.13. The predicted octanol–water partition coefficient (Wildman–Crippen LogP) is 12.3. The zero-order valence-corrected chi connectivity index (χ0v) is 43.8. The number of para-hydroxylation sites is 4. The minimum absolute atomic E-state index is 1.14. The van der Waals surface area contributed by atoms with Crippen molar-refractivity contribution in [3.63, 3.8) is 0 Å². The highest BCUT2D eigenvalue weighted by Crippen LogP contribution is 2.43. The Balaban J connectivity index is 0.997. The van der Waals surface area contributed by atoms with E-state index >= 15 is 0 Å². The largest absolute Gasteiger partial charge is 0.307 e. The van der Waals surface area contributed by atoms with Crippen molar-refractivity contribution in [3.8, 4) is 33.6 Å². The highest BCUT2D eigenvalue weighted by atomic mass is 28.3. The molecule has 0 saturated carbocycles. The molecule has 2 aromatic heterocycles. The average Bonchev–Trinajstić information content (AvgIpc) is 4.13. The summed E-state index contributed by atoms with van der Waals surface area (Å²) in [7, 11) is -5.52. The number of benzene rings is 12. The van der Waals surface area contributed by atoms with E-state index in [1.807, 2.05) is 0 Å². The molecule has 0 unspecified atom stereocenters. The van der Waals surface area contributed by atoms with Gasteiger partial charge < -0.3 is 9.13 Å². The number of fused-ring (bicyclic) bond motifs is 9. The first-order chi connectivity index (χ1) is 37.7. The summed E-state index contributed by atoms with van der Waals surface area (Å²) in [5.41, 5.74) is 12.1. The first kappa shape index (κ1) is 44.2. The fourth-order valence-corrected chi connectivity index (χ4v) is 23.5. The third-order valence-corrected chi connectivity index (χ3v) is 26.2. The van der Waals surface area contributed by atoms with Crippen LogP contribution < -0.4 is 41.5 Å². The standard InChI is InChI=1S/C72H50N2Si2/c1-6-26-53(27-7-1)75(54-28-8-2-9-29-54,55-30-10-3-11-31-55)58-36-22-25-52(50-58)73-66-43-19-16-38-61(66)64-42-24-45-68(72(64)73)74-67-44-20-17-37-60(67)63-41-23-40-59(71(63)74)51-47-48-70-65(49-51)62-39-18-21-46-69(62)76(70,56-32-12-4-13-33-56)57-34-14-5-15-35-57/h1-50H. The number of aromatic nitrogens is 2. The Morgan fingerprint density at radius 3 is 1.34 bits per heavy atom. The van der Waals surface area contributed by atoms with E-state index in [9.17, 15) is 0 Å². The third kappa shape index (κ3) is 6.38. The molecule has 0 radical (unpaired) electrons. The van der Waals surface area contributed by atoms with Crippen molar-refractivity contribution in [2.75, 3.05) is 0 Å². The van der Waals surface area contributed by atoms with E-state index in [1.54, 1.807) is 0 Å². The highest BCUT2D eigenvalue weighted by molar-refractivity contribution is 7.22. The second-order valence-corrected chi connectivity index (χ2v) is 27.8. The quantitative estimate of drug-likeness (QED) is 0.101. The molecule has 0 spiro atoms. The SMILES string of the molecule is c1ccc([Si](c2ccccc2)(c2ccccc2)c2cccc(-n3c4ccccc4c4cccc(-n5c6ccccc6c6cccc(-c7ccc8c(c7)-c7ccccc7[Si]8(c7ccccc7)c7ccccc7)c65)c43)c2)cc1. The predicted molar refractivity (Wildman–Crippen MR) is 327 cm³/mol. The average molecular weight is 999 g/mol. The van der Waals surface area contributed by atoms with Crippen LogP contribution in [-0.2, 0) is 0 Å². The molecular weight excluding hydrogens is 949 g/mol. The molecular formula is C72H50N2Si2. The second-order valence-electron chi connectivity index (χ2n) is 20.3. The Hall–Kier alpha value is -9.33. The van der Waals surface area contributed by atoms with Gasteiger partial charge in [-0.25, -0.2) is 0 Å². The van der Waals surface area contributed by atoms with Crippen molar-refractivity contribution in [1.82, 2.24) is 9.13 Å². The van der Waals surface area contributed by atoms with E-state index in [-0.39, 0.29) is 0 Å². The molecule has 4 heteroatoms. The monoisotopic (exact) mass is 998 g/mol. The summed E-state index contributed by atoms with van der Waals surface area (Å²) >= 11 is 0. The maximum atomic E-state index is 2.58. The number of nitrogens with zero attached hydrogens (tertiary/aromatic N) is 2. The molecule has 0 bridgehead atoms. The summed E-state index contributed by atoms with van der Waals surface area (Å²) in [6.45, 7) is 0. The van der Waals surface area contributed by atoms with Crippen LogP contribution in [0.1, 0.15) is 0 Å². The number of hydrogen-bond acceptors (Lipinski definition) is 0. The summed E-state index contributed by atoms with van der Waals surface area (Å²) in [4.78, 5) is 0. The molecule has 3 heterocycles. The van der Waals surface area contributed by atoms with Crippen molar-refractivity contribution in [2.24, 2.45) is 0 Å². The van der Waals surface area contributed by atoms with Gasteiger partial charge in [-0.2, -0.15) is 0 Å². The Labute approximate surface area is 444 Å². The number of rotatable bonds is 9. The summed E-state index contributed by atoms with van der Waals surface area (Å²) in [6.07, 6.45) is 0. The van der Waals surface area contributed by atoms with Gasteiger partial charge in [0, 0.05) is 32.8 Å². The normalized spacial score (nSPS) is 12.8. The van der Waals surface area contributed by atoms with E-state index in [1.165, 1.54) is 107 Å². The highest BCUT2D eigenvalue weighted by Gasteiger charge is 2.48. The van der Waals surface area contributed by atoms with Crippen LogP contribution in [-0.4, -0.2) is 25.3 Å².